The average molecular weight is 278 g/mol. The molecule has 0 fully saturated rings. The van der Waals surface area contributed by atoms with E-state index in [1.54, 1.807) is 0 Å². The fourth-order valence-corrected chi connectivity index (χ4v) is 2.36. The molecular formula is C17H18N4. The van der Waals surface area contributed by atoms with Crippen molar-refractivity contribution in [3.05, 3.63) is 54.1 Å². The first kappa shape index (κ1) is 13.5. The van der Waals surface area contributed by atoms with Crippen molar-refractivity contribution in [2.45, 2.75) is 26.2 Å². The molecule has 0 aliphatic carbocycles. The second-order valence-electron chi connectivity index (χ2n) is 6.11. The lowest BCUT2D eigenvalue weighted by molar-refractivity contribution is 0.590. The molecule has 0 aliphatic rings. The topological polar surface area (TPSA) is 54.5 Å². The number of rotatable bonds is 2. The summed E-state index contributed by atoms with van der Waals surface area (Å²) in [6, 6.07) is 16.8. The summed E-state index contributed by atoms with van der Waals surface area (Å²) in [5.41, 5.74) is 4.73. The van der Waals surface area contributed by atoms with Crippen LogP contribution in [0.1, 0.15) is 26.3 Å². The van der Waals surface area contributed by atoms with Crippen molar-refractivity contribution in [1.29, 1.82) is 0 Å². The van der Waals surface area contributed by atoms with Gasteiger partial charge in [-0.25, -0.2) is 0 Å². The third kappa shape index (κ3) is 2.70. The molecule has 3 rings (SSSR count). The highest BCUT2D eigenvalue weighted by Gasteiger charge is 2.14. The molecule has 0 atom stereocenters. The van der Waals surface area contributed by atoms with Crippen LogP contribution in [0.4, 0.5) is 0 Å². The summed E-state index contributed by atoms with van der Waals surface area (Å²) in [7, 11) is 0. The number of H-pyrrole nitrogens is 1. The van der Waals surface area contributed by atoms with Crippen LogP contribution in [-0.2, 0) is 5.41 Å². The van der Waals surface area contributed by atoms with Crippen molar-refractivity contribution >= 4 is 0 Å². The van der Waals surface area contributed by atoms with Gasteiger partial charge >= 0.3 is 0 Å². The number of aromatic amines is 1. The van der Waals surface area contributed by atoms with E-state index in [-0.39, 0.29) is 5.41 Å². The number of aromatic nitrogens is 4. The van der Waals surface area contributed by atoms with Crippen molar-refractivity contribution in [2.75, 3.05) is 0 Å². The number of benzene rings is 2. The van der Waals surface area contributed by atoms with E-state index in [0.29, 0.717) is 5.82 Å². The quantitative estimate of drug-likeness (QED) is 0.775. The van der Waals surface area contributed by atoms with E-state index in [2.05, 4.69) is 71.7 Å². The van der Waals surface area contributed by atoms with E-state index >= 15 is 0 Å². The average Bonchev–Trinajstić information content (AvgIpc) is 3.01. The molecule has 2 aromatic carbocycles. The molecule has 0 aliphatic heterocycles. The molecule has 1 aromatic heterocycles. The molecule has 0 spiro atoms. The van der Waals surface area contributed by atoms with Gasteiger partial charge in [0, 0.05) is 5.56 Å². The van der Waals surface area contributed by atoms with Crippen LogP contribution in [0.2, 0.25) is 0 Å². The van der Waals surface area contributed by atoms with Gasteiger partial charge < -0.3 is 0 Å². The molecule has 1 N–H and O–H groups in total. The normalized spacial score (nSPS) is 11.6. The molecule has 0 saturated carbocycles. The molecule has 0 amide bonds. The number of tetrazole rings is 1. The van der Waals surface area contributed by atoms with Gasteiger partial charge in [0.15, 0.2) is 0 Å². The lowest BCUT2D eigenvalue weighted by atomic mass is 9.86. The zero-order chi connectivity index (χ0) is 14.9. The summed E-state index contributed by atoms with van der Waals surface area (Å²) in [6.45, 7) is 6.65. The summed E-state index contributed by atoms with van der Waals surface area (Å²) in [5, 5.41) is 14.3. The first-order valence-corrected chi connectivity index (χ1v) is 6.99. The highest BCUT2D eigenvalue weighted by molar-refractivity contribution is 5.80. The molecule has 0 radical (unpaired) electrons. The van der Waals surface area contributed by atoms with Crippen molar-refractivity contribution < 1.29 is 0 Å². The summed E-state index contributed by atoms with van der Waals surface area (Å²) < 4.78 is 0. The van der Waals surface area contributed by atoms with Crippen LogP contribution in [0.25, 0.3) is 22.5 Å². The smallest absolute Gasteiger partial charge is 0.177 e. The minimum absolute atomic E-state index is 0.158. The number of hydrogen-bond acceptors (Lipinski definition) is 3. The third-order valence-electron chi connectivity index (χ3n) is 3.58. The van der Waals surface area contributed by atoms with Crippen LogP contribution in [0.15, 0.2) is 48.5 Å². The van der Waals surface area contributed by atoms with Crippen molar-refractivity contribution in [3.8, 4) is 22.5 Å². The predicted molar refractivity (Wildman–Crippen MR) is 83.7 cm³/mol. The van der Waals surface area contributed by atoms with Gasteiger partial charge in [0.2, 0.25) is 5.82 Å². The minimum atomic E-state index is 0.158. The van der Waals surface area contributed by atoms with E-state index < -0.39 is 0 Å². The third-order valence-corrected chi connectivity index (χ3v) is 3.58. The zero-order valence-electron chi connectivity index (χ0n) is 12.5. The Kier molecular flexibility index (Phi) is 3.29. The van der Waals surface area contributed by atoms with E-state index in [1.165, 1.54) is 5.56 Å². The Bertz CT molecular complexity index is 722. The standard InChI is InChI=1S/C17H18N4/c1-17(2,3)13-10-8-12(9-11-13)14-6-4-5-7-15(14)16-18-20-21-19-16/h4-11H,1-3H3,(H,18,19,20,21). The van der Waals surface area contributed by atoms with Crippen LogP contribution in [-0.4, -0.2) is 20.6 Å². The summed E-state index contributed by atoms with van der Waals surface area (Å²) >= 11 is 0. The van der Waals surface area contributed by atoms with Crippen LogP contribution < -0.4 is 0 Å². The largest absolute Gasteiger partial charge is 0.205 e. The van der Waals surface area contributed by atoms with Crippen LogP contribution >= 0.6 is 0 Å². The Balaban J connectivity index is 2.06. The van der Waals surface area contributed by atoms with Gasteiger partial charge in [0.25, 0.3) is 0 Å². The summed E-state index contributed by atoms with van der Waals surface area (Å²) in [6.07, 6.45) is 0. The van der Waals surface area contributed by atoms with Crippen LogP contribution in [0, 0.1) is 0 Å². The first-order valence-electron chi connectivity index (χ1n) is 6.99. The van der Waals surface area contributed by atoms with Gasteiger partial charge in [-0.15, -0.1) is 10.2 Å². The number of nitrogens with one attached hydrogen (secondary N) is 1. The Hall–Kier alpha value is -2.49. The van der Waals surface area contributed by atoms with E-state index in [1.807, 2.05) is 18.2 Å². The maximum absolute atomic E-state index is 4.08. The van der Waals surface area contributed by atoms with Crippen molar-refractivity contribution in [3.63, 3.8) is 0 Å². The Morgan fingerprint density at radius 1 is 0.857 bits per heavy atom. The lowest BCUT2D eigenvalue weighted by Crippen LogP contribution is -2.10. The number of hydrogen-bond donors (Lipinski definition) is 1. The Morgan fingerprint density at radius 3 is 2.10 bits per heavy atom. The number of nitrogens with zero attached hydrogens (tertiary/aromatic N) is 3. The Labute approximate surface area is 124 Å². The van der Waals surface area contributed by atoms with Gasteiger partial charge in [-0.1, -0.05) is 69.3 Å². The lowest BCUT2D eigenvalue weighted by Gasteiger charge is -2.19. The first-order chi connectivity index (χ1) is 10.1. The molecule has 0 bridgehead atoms. The van der Waals surface area contributed by atoms with Crippen molar-refractivity contribution in [1.82, 2.24) is 20.6 Å². The molecule has 1 heterocycles. The van der Waals surface area contributed by atoms with E-state index in [0.717, 1.165) is 16.7 Å². The summed E-state index contributed by atoms with van der Waals surface area (Å²) in [4.78, 5) is 0. The molecule has 4 heteroatoms. The summed E-state index contributed by atoms with van der Waals surface area (Å²) in [5.74, 6) is 0.616. The van der Waals surface area contributed by atoms with E-state index in [9.17, 15) is 0 Å². The maximum Gasteiger partial charge on any atom is 0.205 e. The zero-order valence-corrected chi connectivity index (χ0v) is 12.5. The second-order valence-corrected chi connectivity index (χ2v) is 6.11. The van der Waals surface area contributed by atoms with Gasteiger partial charge in [0.1, 0.15) is 0 Å². The molecule has 0 saturated heterocycles. The predicted octanol–water partition coefficient (Wildman–Crippen LogP) is 3.83. The van der Waals surface area contributed by atoms with Gasteiger partial charge in [-0.3, -0.25) is 0 Å². The van der Waals surface area contributed by atoms with Gasteiger partial charge in [0.05, 0.1) is 0 Å². The molecule has 21 heavy (non-hydrogen) atoms. The monoisotopic (exact) mass is 278 g/mol. The van der Waals surface area contributed by atoms with Crippen molar-refractivity contribution in [2.24, 2.45) is 0 Å². The van der Waals surface area contributed by atoms with E-state index in [4.69, 9.17) is 0 Å². The second kappa shape index (κ2) is 5.13. The molecule has 3 aromatic rings. The highest BCUT2D eigenvalue weighted by atomic mass is 15.5. The van der Waals surface area contributed by atoms with Crippen LogP contribution in [0.3, 0.4) is 0 Å². The van der Waals surface area contributed by atoms with Crippen LogP contribution in [0.5, 0.6) is 0 Å². The molecule has 0 unspecified atom stereocenters. The fraction of sp³-hybridized carbons (Fsp3) is 0.235. The Morgan fingerprint density at radius 2 is 1.52 bits per heavy atom. The molecular weight excluding hydrogens is 260 g/mol. The SMILES string of the molecule is CC(C)(C)c1ccc(-c2ccccc2-c2nn[nH]n2)cc1. The van der Waals surface area contributed by atoms with Gasteiger partial charge in [-0.2, -0.15) is 5.21 Å². The maximum atomic E-state index is 4.08. The van der Waals surface area contributed by atoms with Gasteiger partial charge in [-0.05, 0) is 27.3 Å². The fourth-order valence-electron chi connectivity index (χ4n) is 2.36. The highest BCUT2D eigenvalue weighted by Crippen LogP contribution is 2.31. The molecule has 4 nitrogen and oxygen atoms in total. The minimum Gasteiger partial charge on any atom is -0.177 e. The molecule has 106 valence electrons.